The van der Waals surface area contributed by atoms with Crippen LogP contribution in [-0.2, 0) is 0 Å². The van der Waals surface area contributed by atoms with Crippen molar-refractivity contribution in [2.75, 3.05) is 28.3 Å². The normalized spacial score (nSPS) is 10.4. The highest BCUT2D eigenvalue weighted by molar-refractivity contribution is 6.33. The molecular weight excluding hydrogens is 463 g/mol. The zero-order chi connectivity index (χ0) is 24.5. The lowest BCUT2D eigenvalue weighted by Gasteiger charge is -2.17. The number of rotatable bonds is 10. The van der Waals surface area contributed by atoms with Crippen LogP contribution in [0.5, 0.6) is 11.5 Å². The number of nitrogens with one attached hydrogen (secondary N) is 2. The number of methoxy groups -OCH3 is 2. The zero-order valence-electron chi connectivity index (χ0n) is 19.6. The van der Waals surface area contributed by atoms with Crippen LogP contribution in [-0.4, -0.2) is 40.1 Å². The van der Waals surface area contributed by atoms with E-state index in [-0.39, 0.29) is 11.8 Å². The van der Waals surface area contributed by atoms with Gasteiger partial charge in [-0.1, -0.05) is 49.0 Å². The average Bonchev–Trinajstić information content (AvgIpc) is 2.81. The quantitative estimate of drug-likeness (QED) is 0.414. The van der Waals surface area contributed by atoms with Gasteiger partial charge in [0.15, 0.2) is 0 Å². The summed E-state index contributed by atoms with van der Waals surface area (Å²) in [7, 11) is 6.02. The van der Waals surface area contributed by atoms with Gasteiger partial charge in [0.05, 0.1) is 35.4 Å². The Morgan fingerprint density at radius 1 is 0.848 bits per heavy atom. The van der Waals surface area contributed by atoms with Crippen LogP contribution in [0, 0.1) is 0 Å². The number of benzene rings is 2. The zero-order valence-corrected chi connectivity index (χ0v) is 21.1. The Kier molecular flexibility index (Phi) is 10.1. The van der Waals surface area contributed by atoms with Gasteiger partial charge in [-0.15, -0.1) is 0 Å². The maximum atomic E-state index is 12.5. The third kappa shape index (κ3) is 6.21. The van der Waals surface area contributed by atoms with Crippen LogP contribution >= 0.6 is 23.2 Å². The second kappa shape index (κ2) is 12.5. The second-order valence-electron chi connectivity index (χ2n) is 7.35. The number of hydrogen-bond acceptors (Lipinski definition) is 4. The summed E-state index contributed by atoms with van der Waals surface area (Å²) < 4.78 is 10.7. The molecule has 178 valence electrons. The molecular formula is C25H30Cl2N2O4. The fraction of sp³-hybridized carbons (Fsp3) is 0.360. The average molecular weight is 493 g/mol. The van der Waals surface area contributed by atoms with Crippen LogP contribution < -0.4 is 20.1 Å². The maximum absolute atomic E-state index is 12.5. The standard InChI is InChI=1S/C25H30Cl2N2O4/c1-6-7-8-9-10-17(15-11-18(24(30)28-2)22(32-4)20(26)13-15)16-12-19(25(31)29-3)23(33-5)21(27)14-16/h10-14H,6-9H2,1-5H3,(H,28,30)(H,29,31). The van der Waals surface area contributed by atoms with E-state index < -0.39 is 0 Å². The predicted octanol–water partition coefficient (Wildman–Crippen LogP) is 5.74. The van der Waals surface area contributed by atoms with Gasteiger partial charge in [0.1, 0.15) is 11.5 Å². The number of carbonyl (C=O) groups excluding carboxylic acids is 2. The number of hydrogen-bond donors (Lipinski definition) is 2. The number of amides is 2. The second-order valence-corrected chi connectivity index (χ2v) is 8.16. The van der Waals surface area contributed by atoms with Crippen molar-refractivity contribution in [2.45, 2.75) is 32.6 Å². The van der Waals surface area contributed by atoms with Gasteiger partial charge in [-0.3, -0.25) is 9.59 Å². The Morgan fingerprint density at radius 2 is 1.30 bits per heavy atom. The summed E-state index contributed by atoms with van der Waals surface area (Å²) in [5.74, 6) is -0.0488. The summed E-state index contributed by atoms with van der Waals surface area (Å²) in [4.78, 5) is 25.0. The molecule has 2 amide bonds. The molecule has 0 saturated carbocycles. The molecule has 8 heteroatoms. The van der Waals surface area contributed by atoms with Gasteiger partial charge in [-0.25, -0.2) is 0 Å². The minimum absolute atomic E-state index is 0.295. The molecule has 0 bridgehead atoms. The van der Waals surface area contributed by atoms with Crippen LogP contribution in [0.2, 0.25) is 10.0 Å². The number of halogens is 2. The van der Waals surface area contributed by atoms with Gasteiger partial charge in [0.2, 0.25) is 0 Å². The molecule has 0 unspecified atom stereocenters. The van der Waals surface area contributed by atoms with Crippen LogP contribution in [0.4, 0.5) is 0 Å². The molecule has 2 rings (SSSR count). The van der Waals surface area contributed by atoms with E-state index in [1.54, 1.807) is 38.4 Å². The molecule has 0 spiro atoms. The van der Waals surface area contributed by atoms with Crippen LogP contribution in [0.3, 0.4) is 0 Å². The molecule has 0 aliphatic carbocycles. The highest BCUT2D eigenvalue weighted by atomic mass is 35.5. The van der Waals surface area contributed by atoms with E-state index in [0.717, 1.165) is 31.3 Å². The molecule has 0 radical (unpaired) electrons. The number of ether oxygens (including phenoxy) is 2. The summed E-state index contributed by atoms with van der Waals surface area (Å²) in [6, 6.07) is 6.95. The minimum Gasteiger partial charge on any atom is -0.494 e. The number of carbonyl (C=O) groups is 2. The van der Waals surface area contributed by atoms with Crippen molar-refractivity contribution in [3.8, 4) is 11.5 Å². The molecule has 33 heavy (non-hydrogen) atoms. The highest BCUT2D eigenvalue weighted by Gasteiger charge is 2.21. The van der Waals surface area contributed by atoms with Crippen LogP contribution in [0.1, 0.15) is 64.4 Å². The molecule has 2 aromatic carbocycles. The van der Waals surface area contributed by atoms with Gasteiger partial charge >= 0.3 is 0 Å². The minimum atomic E-state index is -0.320. The lowest BCUT2D eigenvalue weighted by atomic mass is 9.92. The molecule has 0 heterocycles. The molecule has 0 atom stereocenters. The molecule has 0 aromatic heterocycles. The van der Waals surface area contributed by atoms with E-state index >= 15 is 0 Å². The van der Waals surface area contributed by atoms with Crippen LogP contribution in [0.25, 0.3) is 5.57 Å². The van der Waals surface area contributed by atoms with Gasteiger partial charge < -0.3 is 20.1 Å². The lowest BCUT2D eigenvalue weighted by Crippen LogP contribution is -2.19. The largest absolute Gasteiger partial charge is 0.494 e. The first-order valence-corrected chi connectivity index (χ1v) is 11.5. The van der Waals surface area contributed by atoms with Gasteiger partial charge in [-0.05, 0) is 53.8 Å². The van der Waals surface area contributed by atoms with Crippen molar-refractivity contribution in [3.63, 3.8) is 0 Å². The van der Waals surface area contributed by atoms with E-state index in [2.05, 4.69) is 23.6 Å². The topological polar surface area (TPSA) is 76.7 Å². The fourth-order valence-electron chi connectivity index (χ4n) is 3.56. The Hall–Kier alpha value is -2.70. The highest BCUT2D eigenvalue weighted by Crippen LogP contribution is 2.38. The van der Waals surface area contributed by atoms with E-state index in [4.69, 9.17) is 32.7 Å². The summed E-state index contributed by atoms with van der Waals surface area (Å²) in [5, 5.41) is 5.84. The number of allylic oxidation sites excluding steroid dienone is 1. The summed E-state index contributed by atoms with van der Waals surface area (Å²) >= 11 is 13.0. The van der Waals surface area contributed by atoms with Crippen molar-refractivity contribution in [2.24, 2.45) is 0 Å². The van der Waals surface area contributed by atoms with Gasteiger partial charge in [-0.2, -0.15) is 0 Å². The molecule has 0 fully saturated rings. The van der Waals surface area contributed by atoms with E-state index in [9.17, 15) is 9.59 Å². The Bertz CT molecular complexity index is 976. The van der Waals surface area contributed by atoms with Crippen LogP contribution in [0.15, 0.2) is 30.3 Å². The summed E-state index contributed by atoms with van der Waals surface area (Å²) in [6.45, 7) is 2.14. The Balaban J connectivity index is 2.76. The molecule has 2 aromatic rings. The monoisotopic (exact) mass is 492 g/mol. The van der Waals surface area contributed by atoms with Gasteiger partial charge in [0, 0.05) is 14.1 Å². The molecule has 0 aliphatic heterocycles. The van der Waals surface area contributed by atoms with Gasteiger partial charge in [0.25, 0.3) is 11.8 Å². The van der Waals surface area contributed by atoms with E-state index in [0.29, 0.717) is 43.8 Å². The maximum Gasteiger partial charge on any atom is 0.254 e. The van der Waals surface area contributed by atoms with E-state index in [1.165, 1.54) is 14.2 Å². The first-order valence-electron chi connectivity index (χ1n) is 10.7. The van der Waals surface area contributed by atoms with Crippen molar-refractivity contribution in [3.05, 3.63) is 62.6 Å². The van der Waals surface area contributed by atoms with Crippen molar-refractivity contribution >= 4 is 40.6 Å². The lowest BCUT2D eigenvalue weighted by molar-refractivity contribution is 0.0952. The Morgan fingerprint density at radius 3 is 1.67 bits per heavy atom. The fourth-order valence-corrected chi connectivity index (χ4v) is 4.16. The molecule has 0 saturated heterocycles. The number of unbranched alkanes of at least 4 members (excludes halogenated alkanes) is 3. The predicted molar refractivity (Wildman–Crippen MR) is 134 cm³/mol. The SMILES string of the molecule is CCCCCC=C(c1cc(Cl)c(OC)c(C(=O)NC)c1)c1cc(Cl)c(OC)c(C(=O)NC)c1. The third-order valence-corrected chi connectivity index (χ3v) is 5.78. The molecule has 6 nitrogen and oxygen atoms in total. The molecule has 2 N–H and O–H groups in total. The summed E-state index contributed by atoms with van der Waals surface area (Å²) in [6.07, 6.45) is 6.06. The first kappa shape index (κ1) is 26.6. The summed E-state index contributed by atoms with van der Waals surface area (Å²) in [5.41, 5.74) is 2.84. The first-order chi connectivity index (χ1) is 15.8. The van der Waals surface area contributed by atoms with Crippen molar-refractivity contribution in [1.29, 1.82) is 0 Å². The van der Waals surface area contributed by atoms with Crippen molar-refractivity contribution in [1.82, 2.24) is 10.6 Å². The molecule has 0 aliphatic rings. The van der Waals surface area contributed by atoms with E-state index in [1.807, 2.05) is 0 Å². The smallest absolute Gasteiger partial charge is 0.254 e. The third-order valence-electron chi connectivity index (χ3n) is 5.22. The Labute approximate surface area is 205 Å². The van der Waals surface area contributed by atoms with Crippen molar-refractivity contribution < 1.29 is 19.1 Å².